The molecule has 3 nitrogen and oxygen atoms in total. The van der Waals surface area contributed by atoms with E-state index in [0.717, 1.165) is 24.7 Å². The fraction of sp³-hybridized carbons (Fsp3) is 0.724. The number of rotatable bonds is 8. The van der Waals surface area contributed by atoms with E-state index in [4.69, 9.17) is 9.47 Å². The van der Waals surface area contributed by atoms with Gasteiger partial charge in [-0.05, 0) is 80.8 Å². The van der Waals surface area contributed by atoms with E-state index in [1.54, 1.807) is 0 Å². The maximum absolute atomic E-state index is 14.5. The molecule has 0 amide bonds. The molecule has 38 heavy (non-hydrogen) atoms. The SMILES string of the molecule is CC1CCC(/C=C/C2CCC(CCC3COC(C(F)(F)Oc4ccc(C(F)(F)F)c(F)c4)OC3)CC2)CC1. The molecule has 0 unspecified atom stereocenters. The molecule has 2 aliphatic carbocycles. The zero-order valence-corrected chi connectivity index (χ0v) is 21.8. The van der Waals surface area contributed by atoms with Gasteiger partial charge in [-0.25, -0.2) is 4.39 Å². The van der Waals surface area contributed by atoms with Gasteiger partial charge in [0.05, 0.1) is 18.8 Å². The van der Waals surface area contributed by atoms with Gasteiger partial charge in [0.2, 0.25) is 0 Å². The van der Waals surface area contributed by atoms with Gasteiger partial charge in [-0.3, -0.25) is 0 Å². The first kappa shape index (κ1) is 29.2. The molecule has 0 spiro atoms. The number of alkyl halides is 5. The Bertz CT molecular complexity index is 909. The normalized spacial score (nSPS) is 31.4. The Kier molecular flexibility index (Phi) is 9.72. The molecule has 2 saturated carbocycles. The second-order valence-corrected chi connectivity index (χ2v) is 11.4. The van der Waals surface area contributed by atoms with Crippen LogP contribution in [0, 0.1) is 35.4 Å². The van der Waals surface area contributed by atoms with Crippen molar-refractivity contribution >= 4 is 0 Å². The first-order chi connectivity index (χ1) is 18.0. The molecule has 0 aromatic heterocycles. The van der Waals surface area contributed by atoms with Crippen LogP contribution in [0.25, 0.3) is 0 Å². The summed E-state index contributed by atoms with van der Waals surface area (Å²) in [6.45, 7) is 2.48. The van der Waals surface area contributed by atoms with Crippen LogP contribution in [0.15, 0.2) is 30.4 Å². The standard InChI is InChI=1S/C29H38F6O3/c1-19-2-4-20(5-3-19)6-7-21-8-10-22(11-9-21)12-13-23-17-36-27(37-18-23)29(34,35)38-24-14-15-25(26(30)16-24)28(31,32)33/h6-7,14-16,19-23,27H,2-5,8-13,17-18H2,1H3/b7-6+. The van der Waals surface area contributed by atoms with Crippen LogP contribution in [-0.4, -0.2) is 25.6 Å². The molecule has 1 heterocycles. The van der Waals surface area contributed by atoms with Crippen molar-refractivity contribution in [2.24, 2.45) is 29.6 Å². The van der Waals surface area contributed by atoms with Crippen LogP contribution in [0.3, 0.4) is 0 Å². The van der Waals surface area contributed by atoms with Gasteiger partial charge in [-0.1, -0.05) is 38.3 Å². The number of halogens is 6. The number of hydrogen-bond acceptors (Lipinski definition) is 3. The van der Waals surface area contributed by atoms with Gasteiger partial charge in [0.25, 0.3) is 6.29 Å². The first-order valence-electron chi connectivity index (χ1n) is 13.8. The minimum Gasteiger partial charge on any atom is -0.429 e. The van der Waals surface area contributed by atoms with Gasteiger partial charge >= 0.3 is 12.3 Å². The lowest BCUT2D eigenvalue weighted by Crippen LogP contribution is -2.47. The van der Waals surface area contributed by atoms with E-state index >= 15 is 0 Å². The Labute approximate surface area is 220 Å². The van der Waals surface area contributed by atoms with Crippen LogP contribution in [0.2, 0.25) is 0 Å². The van der Waals surface area contributed by atoms with Crippen LogP contribution in [0.4, 0.5) is 26.3 Å². The fourth-order valence-electron chi connectivity index (χ4n) is 5.83. The molecule has 1 aromatic carbocycles. The summed E-state index contributed by atoms with van der Waals surface area (Å²) in [4.78, 5) is 0. The third-order valence-electron chi connectivity index (χ3n) is 8.33. The summed E-state index contributed by atoms with van der Waals surface area (Å²) in [6.07, 6.45) is 5.79. The Balaban J connectivity index is 1.15. The second-order valence-electron chi connectivity index (χ2n) is 11.4. The number of benzene rings is 1. The monoisotopic (exact) mass is 548 g/mol. The zero-order valence-electron chi connectivity index (χ0n) is 21.8. The summed E-state index contributed by atoms with van der Waals surface area (Å²) in [5.41, 5.74) is -1.56. The highest BCUT2D eigenvalue weighted by Crippen LogP contribution is 2.37. The summed E-state index contributed by atoms with van der Waals surface area (Å²) in [7, 11) is 0. The highest BCUT2D eigenvalue weighted by Gasteiger charge is 2.47. The molecular weight excluding hydrogens is 510 g/mol. The molecule has 214 valence electrons. The topological polar surface area (TPSA) is 27.7 Å². The summed E-state index contributed by atoms with van der Waals surface area (Å²) in [5, 5.41) is 0. The molecule has 0 radical (unpaired) electrons. The highest BCUT2D eigenvalue weighted by molar-refractivity contribution is 5.30. The predicted octanol–water partition coefficient (Wildman–Crippen LogP) is 8.77. The average Bonchev–Trinajstić information content (AvgIpc) is 2.87. The van der Waals surface area contributed by atoms with Gasteiger partial charge in [0.1, 0.15) is 11.6 Å². The third kappa shape index (κ3) is 8.13. The van der Waals surface area contributed by atoms with Gasteiger partial charge in [-0.2, -0.15) is 22.0 Å². The summed E-state index contributed by atoms with van der Waals surface area (Å²) >= 11 is 0. The number of allylic oxidation sites excluding steroid dienone is 2. The quantitative estimate of drug-likeness (QED) is 0.240. The van der Waals surface area contributed by atoms with Crippen molar-refractivity contribution in [1.82, 2.24) is 0 Å². The van der Waals surface area contributed by atoms with E-state index in [2.05, 4.69) is 23.8 Å². The Morgan fingerprint density at radius 3 is 1.92 bits per heavy atom. The molecule has 1 saturated heterocycles. The van der Waals surface area contributed by atoms with Crippen molar-refractivity contribution in [2.45, 2.75) is 89.7 Å². The van der Waals surface area contributed by atoms with E-state index in [1.807, 2.05) is 0 Å². The third-order valence-corrected chi connectivity index (χ3v) is 8.33. The minimum absolute atomic E-state index is 0.0168. The highest BCUT2D eigenvalue weighted by atomic mass is 19.4. The predicted molar refractivity (Wildman–Crippen MR) is 131 cm³/mol. The summed E-state index contributed by atoms with van der Waals surface area (Å²) < 4.78 is 95.6. The largest absolute Gasteiger partial charge is 0.451 e. The molecular formula is C29H38F6O3. The van der Waals surface area contributed by atoms with Crippen molar-refractivity contribution in [1.29, 1.82) is 0 Å². The van der Waals surface area contributed by atoms with Crippen LogP contribution >= 0.6 is 0 Å². The Morgan fingerprint density at radius 1 is 0.816 bits per heavy atom. The van der Waals surface area contributed by atoms with Crippen molar-refractivity contribution in [3.8, 4) is 5.75 Å². The van der Waals surface area contributed by atoms with Gasteiger partial charge < -0.3 is 14.2 Å². The molecule has 0 N–H and O–H groups in total. The van der Waals surface area contributed by atoms with Crippen LogP contribution < -0.4 is 4.74 Å². The summed E-state index contributed by atoms with van der Waals surface area (Å²) in [5.74, 6) is 0.434. The average molecular weight is 549 g/mol. The van der Waals surface area contributed by atoms with E-state index in [1.165, 1.54) is 51.4 Å². The molecule has 3 fully saturated rings. The van der Waals surface area contributed by atoms with E-state index in [0.29, 0.717) is 24.0 Å². The van der Waals surface area contributed by atoms with Crippen LogP contribution in [-0.2, 0) is 15.7 Å². The van der Waals surface area contributed by atoms with E-state index < -0.39 is 35.7 Å². The first-order valence-corrected chi connectivity index (χ1v) is 13.8. The van der Waals surface area contributed by atoms with Crippen molar-refractivity contribution in [2.75, 3.05) is 13.2 Å². The number of hydrogen-bond donors (Lipinski definition) is 0. The molecule has 0 atom stereocenters. The zero-order chi connectivity index (χ0) is 27.3. The van der Waals surface area contributed by atoms with Crippen molar-refractivity contribution in [3.63, 3.8) is 0 Å². The van der Waals surface area contributed by atoms with Crippen LogP contribution in [0.1, 0.15) is 76.7 Å². The molecule has 1 aromatic rings. The Morgan fingerprint density at radius 2 is 1.37 bits per heavy atom. The molecule has 4 rings (SSSR count). The van der Waals surface area contributed by atoms with Gasteiger partial charge in [0, 0.05) is 12.0 Å². The van der Waals surface area contributed by atoms with Crippen molar-refractivity contribution in [3.05, 3.63) is 41.7 Å². The lowest BCUT2D eigenvalue weighted by atomic mass is 9.77. The smallest absolute Gasteiger partial charge is 0.429 e. The maximum atomic E-state index is 14.5. The van der Waals surface area contributed by atoms with Crippen molar-refractivity contribution < 1.29 is 40.6 Å². The van der Waals surface area contributed by atoms with Crippen LogP contribution in [0.5, 0.6) is 5.75 Å². The van der Waals surface area contributed by atoms with E-state index in [9.17, 15) is 26.3 Å². The fourth-order valence-corrected chi connectivity index (χ4v) is 5.83. The summed E-state index contributed by atoms with van der Waals surface area (Å²) in [6, 6.07) is 1.29. The Hall–Kier alpha value is -1.74. The lowest BCUT2D eigenvalue weighted by Gasteiger charge is -2.34. The van der Waals surface area contributed by atoms with Gasteiger partial charge in [0.15, 0.2) is 0 Å². The molecule has 1 aliphatic heterocycles. The molecule has 3 aliphatic rings. The molecule has 9 heteroatoms. The number of ether oxygens (including phenoxy) is 3. The lowest BCUT2D eigenvalue weighted by molar-refractivity contribution is -0.352. The minimum atomic E-state index is -4.93. The van der Waals surface area contributed by atoms with E-state index in [-0.39, 0.29) is 25.2 Å². The maximum Gasteiger partial charge on any atom is 0.451 e. The second kappa shape index (κ2) is 12.6. The van der Waals surface area contributed by atoms with Gasteiger partial charge in [-0.15, -0.1) is 0 Å². The molecule has 0 bridgehead atoms.